The van der Waals surface area contributed by atoms with Crippen molar-refractivity contribution < 1.29 is 9.59 Å². The van der Waals surface area contributed by atoms with Gasteiger partial charge in [-0.15, -0.1) is 5.10 Å². The molecule has 1 saturated heterocycles. The van der Waals surface area contributed by atoms with Crippen molar-refractivity contribution in [3.8, 4) is 0 Å². The number of nitrogens with zero attached hydrogens (tertiary/aromatic N) is 4. The molecule has 3 rings (SSSR count). The number of anilines is 1. The van der Waals surface area contributed by atoms with Gasteiger partial charge in [-0.05, 0) is 18.1 Å². The monoisotopic (exact) mass is 324 g/mol. The Kier molecular flexibility index (Phi) is 3.86. The van der Waals surface area contributed by atoms with Crippen LogP contribution >= 0.6 is 23.4 Å². The van der Waals surface area contributed by atoms with E-state index in [4.69, 9.17) is 11.6 Å². The molecule has 2 aromatic heterocycles. The van der Waals surface area contributed by atoms with E-state index >= 15 is 0 Å². The molecule has 1 fully saturated rings. The van der Waals surface area contributed by atoms with Gasteiger partial charge in [0.1, 0.15) is 0 Å². The van der Waals surface area contributed by atoms with E-state index < -0.39 is 0 Å². The van der Waals surface area contributed by atoms with Crippen molar-refractivity contribution in [2.75, 3.05) is 17.2 Å². The van der Waals surface area contributed by atoms with Gasteiger partial charge in [0.05, 0.1) is 5.02 Å². The van der Waals surface area contributed by atoms with E-state index in [0.717, 1.165) is 0 Å². The third-order valence-corrected chi connectivity index (χ3v) is 4.52. The molecule has 6 nitrogen and oxygen atoms in total. The van der Waals surface area contributed by atoms with Gasteiger partial charge < -0.3 is 0 Å². The first kappa shape index (κ1) is 14.3. The second-order valence-corrected chi connectivity index (χ2v) is 6.57. The Morgan fingerprint density at radius 3 is 3.10 bits per heavy atom. The first-order valence-corrected chi connectivity index (χ1v) is 7.85. The lowest BCUT2D eigenvalue weighted by Crippen LogP contribution is -2.26. The minimum atomic E-state index is -0.00819. The molecule has 1 amide bonds. The van der Waals surface area contributed by atoms with Gasteiger partial charge in [-0.1, -0.05) is 23.4 Å². The Labute approximate surface area is 130 Å². The fourth-order valence-electron chi connectivity index (χ4n) is 2.28. The number of pyridine rings is 1. The lowest BCUT2D eigenvalue weighted by molar-refractivity contribution is -0.117. The number of hydrogen-bond acceptors (Lipinski definition) is 5. The molecule has 0 saturated carbocycles. The van der Waals surface area contributed by atoms with Gasteiger partial charge in [0.25, 0.3) is 5.95 Å². The van der Waals surface area contributed by atoms with Crippen LogP contribution in [-0.4, -0.2) is 37.9 Å². The molecule has 0 radical (unpaired) electrons. The molecule has 0 bridgehead atoms. The highest BCUT2D eigenvalue weighted by Crippen LogP contribution is 2.26. The second kappa shape index (κ2) is 5.65. The molecular weight excluding hydrogens is 312 g/mol. The van der Waals surface area contributed by atoms with Gasteiger partial charge in [-0.3, -0.25) is 14.5 Å². The molecule has 110 valence electrons. The predicted octanol–water partition coefficient (Wildman–Crippen LogP) is 2.02. The normalized spacial score (nSPS) is 18.7. The average molecular weight is 325 g/mol. The summed E-state index contributed by atoms with van der Waals surface area (Å²) >= 11 is 7.16. The Bertz CT molecular complexity index is 717. The van der Waals surface area contributed by atoms with Crippen LogP contribution in [0.1, 0.15) is 13.3 Å². The average Bonchev–Trinajstić information content (AvgIpc) is 2.99. The molecule has 0 aromatic carbocycles. The largest absolute Gasteiger partial charge is 0.288 e. The number of aromatic nitrogens is 3. The second-order valence-electron chi connectivity index (χ2n) is 4.94. The van der Waals surface area contributed by atoms with Gasteiger partial charge in [0.15, 0.2) is 10.8 Å². The fourth-order valence-corrected chi connectivity index (χ4v) is 3.13. The van der Waals surface area contributed by atoms with Crippen molar-refractivity contribution in [2.45, 2.75) is 13.3 Å². The summed E-state index contributed by atoms with van der Waals surface area (Å²) in [5.74, 6) is 1.18. The van der Waals surface area contributed by atoms with Gasteiger partial charge in [-0.2, -0.15) is 4.98 Å². The lowest BCUT2D eigenvalue weighted by atomic mass is 10.1. The highest BCUT2D eigenvalue weighted by atomic mass is 35.5. The first-order chi connectivity index (χ1) is 10.0. The third-order valence-electron chi connectivity index (χ3n) is 3.25. The molecule has 2 aromatic rings. The van der Waals surface area contributed by atoms with E-state index in [-0.39, 0.29) is 16.9 Å². The van der Waals surface area contributed by atoms with Gasteiger partial charge >= 0.3 is 0 Å². The number of fused-ring (bicyclic) bond motifs is 1. The molecule has 0 N–H and O–H groups in total. The highest BCUT2D eigenvalue weighted by molar-refractivity contribution is 8.13. The molecule has 1 atom stereocenters. The molecule has 21 heavy (non-hydrogen) atoms. The van der Waals surface area contributed by atoms with Crippen LogP contribution in [0.4, 0.5) is 5.95 Å². The summed E-state index contributed by atoms with van der Waals surface area (Å²) < 4.78 is 1.56. The number of rotatable bonds is 3. The number of thioether (sulfide) groups is 1. The van der Waals surface area contributed by atoms with Gasteiger partial charge in [-0.25, -0.2) is 4.52 Å². The van der Waals surface area contributed by atoms with E-state index in [1.165, 1.54) is 18.7 Å². The van der Waals surface area contributed by atoms with Crippen LogP contribution in [0.5, 0.6) is 0 Å². The van der Waals surface area contributed by atoms with E-state index in [1.807, 2.05) is 0 Å². The van der Waals surface area contributed by atoms with Crippen molar-refractivity contribution in [1.29, 1.82) is 0 Å². The minimum Gasteiger partial charge on any atom is -0.288 e. The van der Waals surface area contributed by atoms with Crippen LogP contribution in [0.15, 0.2) is 18.3 Å². The van der Waals surface area contributed by atoms with Crippen LogP contribution < -0.4 is 4.90 Å². The SMILES string of the molecule is CC(=O)SCC1CC(=O)N(c2nc3ccc(Cl)cn3n2)C1. The van der Waals surface area contributed by atoms with Crippen molar-refractivity contribution in [1.82, 2.24) is 14.6 Å². The molecule has 0 aliphatic carbocycles. The molecule has 3 heterocycles. The highest BCUT2D eigenvalue weighted by Gasteiger charge is 2.33. The lowest BCUT2D eigenvalue weighted by Gasteiger charge is -2.11. The van der Waals surface area contributed by atoms with Crippen LogP contribution in [0, 0.1) is 5.92 Å². The van der Waals surface area contributed by atoms with Crippen molar-refractivity contribution in [3.63, 3.8) is 0 Å². The molecule has 0 spiro atoms. The maximum Gasteiger partial charge on any atom is 0.252 e. The van der Waals surface area contributed by atoms with E-state index in [2.05, 4.69) is 10.1 Å². The summed E-state index contributed by atoms with van der Waals surface area (Å²) in [6.45, 7) is 2.08. The smallest absolute Gasteiger partial charge is 0.252 e. The fraction of sp³-hybridized carbons (Fsp3) is 0.385. The number of carbonyl (C=O) groups excluding carboxylic acids is 2. The Morgan fingerprint density at radius 2 is 2.33 bits per heavy atom. The van der Waals surface area contributed by atoms with Gasteiger partial charge in [0, 0.05) is 31.8 Å². The summed E-state index contributed by atoms with van der Waals surface area (Å²) in [6, 6.07) is 3.48. The predicted molar refractivity (Wildman–Crippen MR) is 81.6 cm³/mol. The number of carbonyl (C=O) groups is 2. The topological polar surface area (TPSA) is 67.6 Å². The van der Waals surface area contributed by atoms with Crippen LogP contribution in [-0.2, 0) is 9.59 Å². The van der Waals surface area contributed by atoms with Crippen molar-refractivity contribution >= 4 is 46.0 Å². The Morgan fingerprint density at radius 1 is 1.52 bits per heavy atom. The summed E-state index contributed by atoms with van der Waals surface area (Å²) in [6.07, 6.45) is 2.08. The standard InChI is InChI=1S/C13H13ClN4O2S/c1-8(19)21-7-9-4-12(20)17(5-9)13-15-11-3-2-10(14)6-18(11)16-13/h2-3,6,9H,4-5,7H2,1H3. The zero-order valence-electron chi connectivity index (χ0n) is 11.3. The summed E-state index contributed by atoms with van der Waals surface area (Å²) in [5, 5.41) is 4.92. The van der Waals surface area contributed by atoms with Crippen molar-refractivity contribution in [3.05, 3.63) is 23.4 Å². The maximum absolute atomic E-state index is 12.1. The molecule has 1 unspecified atom stereocenters. The number of amides is 1. The maximum atomic E-state index is 12.1. The zero-order chi connectivity index (χ0) is 15.0. The van der Waals surface area contributed by atoms with Crippen molar-refractivity contribution in [2.24, 2.45) is 5.92 Å². The van der Waals surface area contributed by atoms with Gasteiger partial charge in [0.2, 0.25) is 5.91 Å². The summed E-state index contributed by atoms with van der Waals surface area (Å²) in [7, 11) is 0. The molecule has 8 heteroatoms. The van der Waals surface area contributed by atoms with E-state index in [0.29, 0.717) is 35.3 Å². The number of halogens is 1. The molecule has 1 aliphatic heterocycles. The third kappa shape index (κ3) is 3.03. The number of hydrogen-bond donors (Lipinski definition) is 0. The van der Waals surface area contributed by atoms with Crippen LogP contribution in [0.2, 0.25) is 5.02 Å². The van der Waals surface area contributed by atoms with E-state index in [9.17, 15) is 9.59 Å². The summed E-state index contributed by atoms with van der Waals surface area (Å²) in [4.78, 5) is 29.0. The van der Waals surface area contributed by atoms with Crippen LogP contribution in [0.25, 0.3) is 5.65 Å². The van der Waals surface area contributed by atoms with E-state index in [1.54, 1.807) is 27.7 Å². The Balaban J connectivity index is 1.79. The molecular formula is C13H13ClN4O2S. The zero-order valence-corrected chi connectivity index (χ0v) is 12.9. The minimum absolute atomic E-state index is 0.00819. The summed E-state index contributed by atoms with van der Waals surface area (Å²) in [5.41, 5.74) is 0.642. The quantitative estimate of drug-likeness (QED) is 0.864. The first-order valence-electron chi connectivity index (χ1n) is 6.48. The molecule has 1 aliphatic rings. The van der Waals surface area contributed by atoms with Crippen LogP contribution in [0.3, 0.4) is 0 Å². The Hall–Kier alpha value is -1.60.